The Morgan fingerprint density at radius 1 is 1.33 bits per heavy atom. The first kappa shape index (κ1) is 21.5. The van der Waals surface area contributed by atoms with Gasteiger partial charge in [-0.2, -0.15) is 14.8 Å². The first-order valence-corrected chi connectivity index (χ1v) is 11.0. The first-order valence-electron chi connectivity index (χ1n) is 11.0. The molecule has 5 rings (SSSR count). The molecular formula is C22H25F2N7O2. The van der Waals surface area contributed by atoms with Crippen LogP contribution in [0.15, 0.2) is 29.3 Å². The maximum absolute atomic E-state index is 14.6. The van der Waals surface area contributed by atoms with Gasteiger partial charge in [0.2, 0.25) is 11.8 Å². The van der Waals surface area contributed by atoms with Gasteiger partial charge in [-0.05, 0) is 37.5 Å². The Bertz CT molecular complexity index is 1200. The molecule has 174 valence electrons. The van der Waals surface area contributed by atoms with Gasteiger partial charge < -0.3 is 20.1 Å². The molecule has 11 heteroatoms. The highest BCUT2D eigenvalue weighted by Crippen LogP contribution is 2.32. The maximum Gasteiger partial charge on any atom is 0.291 e. The molecule has 0 spiro atoms. The van der Waals surface area contributed by atoms with Crippen LogP contribution in [0.25, 0.3) is 22.7 Å². The van der Waals surface area contributed by atoms with Crippen molar-refractivity contribution in [2.24, 2.45) is 5.92 Å². The van der Waals surface area contributed by atoms with Crippen LogP contribution in [0.3, 0.4) is 0 Å². The highest BCUT2D eigenvalue weighted by atomic mass is 19.1. The number of carbonyl (C=O) groups excluding carboxylic acids is 1. The smallest absolute Gasteiger partial charge is 0.291 e. The van der Waals surface area contributed by atoms with Gasteiger partial charge in [-0.3, -0.25) is 4.79 Å². The second kappa shape index (κ2) is 8.54. The van der Waals surface area contributed by atoms with Crippen LogP contribution in [0.5, 0.6) is 0 Å². The minimum Gasteiger partial charge on any atom is -0.377 e. The highest BCUT2D eigenvalue weighted by Gasteiger charge is 2.30. The molecule has 2 N–H and O–H groups in total. The minimum atomic E-state index is -1.04. The third-order valence-electron chi connectivity index (χ3n) is 6.05. The maximum atomic E-state index is 14.6. The molecule has 0 bridgehead atoms. The SMILES string of the molecule is C=C(F)c1c2cccc(N[C@@H]3CCN(C)C[C@@H]3F)c2nn1-c1noc(CNC(=O)C2CC2)n1. The molecule has 9 nitrogen and oxygen atoms in total. The van der Waals surface area contributed by atoms with Gasteiger partial charge in [0.15, 0.2) is 0 Å². The number of amides is 1. The molecule has 2 atom stereocenters. The van der Waals surface area contributed by atoms with E-state index in [4.69, 9.17) is 4.52 Å². The Morgan fingerprint density at radius 3 is 2.88 bits per heavy atom. The number of alkyl halides is 1. The molecule has 3 heterocycles. The molecule has 2 fully saturated rings. The quantitative estimate of drug-likeness (QED) is 0.563. The number of benzene rings is 1. The third-order valence-corrected chi connectivity index (χ3v) is 6.05. The van der Waals surface area contributed by atoms with Gasteiger partial charge in [0.05, 0.1) is 18.3 Å². The molecule has 33 heavy (non-hydrogen) atoms. The summed E-state index contributed by atoms with van der Waals surface area (Å²) < 4.78 is 35.5. The average molecular weight is 457 g/mol. The Kier molecular flexibility index (Phi) is 5.57. The molecule has 1 aliphatic carbocycles. The van der Waals surface area contributed by atoms with Crippen LogP contribution in [0.4, 0.5) is 14.5 Å². The number of hydrogen-bond donors (Lipinski definition) is 2. The molecule has 1 aliphatic heterocycles. The summed E-state index contributed by atoms with van der Waals surface area (Å²) in [6, 6.07) is 4.87. The third kappa shape index (κ3) is 4.32. The summed E-state index contributed by atoms with van der Waals surface area (Å²) in [4.78, 5) is 18.0. The normalized spacial score (nSPS) is 21.3. The van der Waals surface area contributed by atoms with Crippen molar-refractivity contribution in [3.63, 3.8) is 0 Å². The van der Waals surface area contributed by atoms with Gasteiger partial charge in [-0.1, -0.05) is 18.7 Å². The van der Waals surface area contributed by atoms with Gasteiger partial charge >= 0.3 is 0 Å². The van der Waals surface area contributed by atoms with Crippen molar-refractivity contribution < 1.29 is 18.1 Å². The van der Waals surface area contributed by atoms with Crippen molar-refractivity contribution >= 4 is 28.3 Å². The zero-order chi connectivity index (χ0) is 23.1. The van der Waals surface area contributed by atoms with Crippen molar-refractivity contribution in [3.05, 3.63) is 36.4 Å². The summed E-state index contributed by atoms with van der Waals surface area (Å²) in [6.07, 6.45) is 1.38. The number of fused-ring (bicyclic) bond motifs is 1. The lowest BCUT2D eigenvalue weighted by Gasteiger charge is -2.33. The monoisotopic (exact) mass is 457 g/mol. The molecule has 2 aromatic heterocycles. The van der Waals surface area contributed by atoms with E-state index in [1.807, 2.05) is 11.9 Å². The van der Waals surface area contributed by atoms with Crippen molar-refractivity contribution in [1.82, 2.24) is 30.1 Å². The lowest BCUT2D eigenvalue weighted by molar-refractivity contribution is -0.122. The van der Waals surface area contributed by atoms with E-state index in [0.717, 1.165) is 19.4 Å². The van der Waals surface area contributed by atoms with E-state index in [2.05, 4.69) is 32.5 Å². The number of hydrogen-bond acceptors (Lipinski definition) is 7. The van der Waals surface area contributed by atoms with E-state index >= 15 is 0 Å². The van der Waals surface area contributed by atoms with Crippen LogP contribution >= 0.6 is 0 Å². The van der Waals surface area contributed by atoms with Gasteiger partial charge in [-0.15, -0.1) is 0 Å². The van der Waals surface area contributed by atoms with Crippen LogP contribution in [0, 0.1) is 5.92 Å². The average Bonchev–Trinajstić information content (AvgIpc) is 3.39. The summed E-state index contributed by atoms with van der Waals surface area (Å²) in [7, 11) is 1.89. The largest absolute Gasteiger partial charge is 0.377 e. The second-order valence-electron chi connectivity index (χ2n) is 8.66. The summed E-state index contributed by atoms with van der Waals surface area (Å²) in [5, 5.41) is 14.9. The molecule has 2 aliphatic rings. The number of halogens is 2. The lowest BCUT2D eigenvalue weighted by atomic mass is 10.0. The number of likely N-dealkylation sites (tertiary alicyclic amines) is 1. The standard InChI is InChI=1S/C22H25F2N7O2/c1-12(23)20-14-4-3-5-17(26-16-8-9-30(2)11-15(16)24)19(14)28-31(20)22-27-18(33-29-22)10-25-21(32)13-6-7-13/h3-5,13,15-16,26H,1,6-11H2,2H3,(H,25,32)/t15-,16+/m0/s1. The minimum absolute atomic E-state index is 0.0179. The molecule has 3 aromatic rings. The van der Waals surface area contributed by atoms with Gasteiger partial charge in [0.1, 0.15) is 23.2 Å². The van der Waals surface area contributed by atoms with E-state index in [1.54, 1.807) is 18.2 Å². The Balaban J connectivity index is 1.44. The Hall–Kier alpha value is -3.34. The zero-order valence-corrected chi connectivity index (χ0v) is 18.2. The molecule has 1 amide bonds. The Morgan fingerprint density at radius 2 is 2.15 bits per heavy atom. The van der Waals surface area contributed by atoms with Crippen molar-refractivity contribution in [3.8, 4) is 5.95 Å². The molecule has 0 unspecified atom stereocenters. The van der Waals surface area contributed by atoms with Crippen molar-refractivity contribution in [2.75, 3.05) is 25.5 Å². The zero-order valence-electron chi connectivity index (χ0n) is 18.2. The molecule has 0 radical (unpaired) electrons. The summed E-state index contributed by atoms with van der Waals surface area (Å²) in [6.45, 7) is 4.64. The van der Waals surface area contributed by atoms with Crippen LogP contribution in [-0.2, 0) is 11.3 Å². The highest BCUT2D eigenvalue weighted by molar-refractivity contribution is 5.97. The summed E-state index contributed by atoms with van der Waals surface area (Å²) >= 11 is 0. The molecular weight excluding hydrogens is 432 g/mol. The molecule has 1 saturated carbocycles. The van der Waals surface area contributed by atoms with E-state index in [1.165, 1.54) is 4.68 Å². The van der Waals surface area contributed by atoms with Crippen molar-refractivity contribution in [1.29, 1.82) is 0 Å². The predicted octanol–water partition coefficient (Wildman–Crippen LogP) is 2.83. The van der Waals surface area contributed by atoms with Crippen molar-refractivity contribution in [2.45, 2.75) is 38.0 Å². The molecule has 1 aromatic carbocycles. The van der Waals surface area contributed by atoms with E-state index in [0.29, 0.717) is 29.6 Å². The van der Waals surface area contributed by atoms with E-state index in [9.17, 15) is 13.6 Å². The number of anilines is 1. The van der Waals surface area contributed by atoms with Crippen LogP contribution < -0.4 is 10.6 Å². The lowest BCUT2D eigenvalue weighted by Crippen LogP contribution is -2.46. The number of nitrogens with one attached hydrogen (secondary N) is 2. The fourth-order valence-electron chi connectivity index (χ4n) is 4.10. The van der Waals surface area contributed by atoms with Gasteiger partial charge in [-0.25, -0.2) is 8.78 Å². The Labute approximate surface area is 188 Å². The topological polar surface area (TPSA) is 101 Å². The predicted molar refractivity (Wildman–Crippen MR) is 118 cm³/mol. The van der Waals surface area contributed by atoms with Gasteiger partial charge in [0.25, 0.3) is 5.95 Å². The number of piperidine rings is 1. The number of carbonyl (C=O) groups is 1. The second-order valence-corrected chi connectivity index (χ2v) is 8.66. The fraction of sp³-hybridized carbons (Fsp3) is 0.455. The summed E-state index contributed by atoms with van der Waals surface area (Å²) in [5.74, 6) is -0.508. The van der Waals surface area contributed by atoms with Crippen LogP contribution in [-0.4, -0.2) is 63.1 Å². The number of nitrogens with zero attached hydrogens (tertiary/aromatic N) is 5. The number of aromatic nitrogens is 4. The first-order chi connectivity index (χ1) is 15.9. The summed E-state index contributed by atoms with van der Waals surface area (Å²) in [5.41, 5.74) is 1.13. The number of rotatable bonds is 7. The van der Waals surface area contributed by atoms with E-state index < -0.39 is 12.0 Å². The van der Waals surface area contributed by atoms with E-state index in [-0.39, 0.29) is 41.9 Å². The molecule has 1 saturated heterocycles. The van der Waals surface area contributed by atoms with Crippen LogP contribution in [0.1, 0.15) is 30.8 Å². The van der Waals surface area contributed by atoms with Gasteiger partial charge in [0, 0.05) is 24.4 Å². The fourth-order valence-corrected chi connectivity index (χ4v) is 4.10. The van der Waals surface area contributed by atoms with Crippen LogP contribution in [0.2, 0.25) is 0 Å².